The summed E-state index contributed by atoms with van der Waals surface area (Å²) in [6, 6.07) is 2.40. The zero-order valence-electron chi connectivity index (χ0n) is 8.44. The molecule has 0 spiro atoms. The second-order valence-corrected chi connectivity index (χ2v) is 3.40. The third kappa shape index (κ3) is 3.67. The summed E-state index contributed by atoms with van der Waals surface area (Å²) in [4.78, 5) is 11.1. The first-order valence-electron chi connectivity index (χ1n) is 4.40. The lowest BCUT2D eigenvalue weighted by atomic mass is 10.2. The first-order chi connectivity index (χ1) is 7.84. The Balaban J connectivity index is 2.97. The van der Waals surface area contributed by atoms with E-state index in [9.17, 15) is 18.0 Å². The molecule has 1 aromatic carbocycles. The van der Waals surface area contributed by atoms with E-state index < -0.39 is 22.8 Å². The third-order valence-corrected chi connectivity index (χ3v) is 2.09. The van der Waals surface area contributed by atoms with Gasteiger partial charge in [0.15, 0.2) is 0 Å². The molecule has 0 bridgehead atoms. The minimum Gasteiger partial charge on any atom is -0.315 e. The van der Waals surface area contributed by atoms with Gasteiger partial charge < -0.3 is 10.6 Å². The summed E-state index contributed by atoms with van der Waals surface area (Å²) in [5.74, 6) is 0. The molecule has 1 rings (SSSR count). The Morgan fingerprint density at radius 2 is 2.06 bits per heavy atom. The van der Waals surface area contributed by atoms with Crippen molar-refractivity contribution in [2.45, 2.75) is 6.18 Å². The molecule has 0 aliphatic rings. The van der Waals surface area contributed by atoms with E-state index >= 15 is 0 Å². The number of hydrogen-bond donors (Lipinski definition) is 2. The quantitative estimate of drug-likeness (QED) is 0.841. The van der Waals surface area contributed by atoms with Crippen LogP contribution in [0.1, 0.15) is 5.56 Å². The van der Waals surface area contributed by atoms with Gasteiger partial charge in [-0.25, -0.2) is 4.79 Å². The van der Waals surface area contributed by atoms with Crippen LogP contribution in [0.3, 0.4) is 0 Å². The molecule has 0 aromatic heterocycles. The molecule has 0 fully saturated rings. The molecule has 0 saturated carbocycles. The third-order valence-electron chi connectivity index (χ3n) is 1.76. The lowest BCUT2D eigenvalue weighted by Gasteiger charge is -2.11. The van der Waals surface area contributed by atoms with E-state index in [1.54, 1.807) is 0 Å². The maximum Gasteiger partial charge on any atom is 0.417 e. The van der Waals surface area contributed by atoms with Crippen LogP contribution in [0, 0.1) is 0 Å². The van der Waals surface area contributed by atoms with Gasteiger partial charge in [0.05, 0.1) is 10.6 Å². The van der Waals surface area contributed by atoms with Crippen LogP contribution >= 0.6 is 11.6 Å². The molecule has 7 heteroatoms. The standard InChI is InChI=1S/C10H8ClF3N2O/c1-2-15-9(17)16-6-3-4-8(11)7(5-6)10(12,13)14/h2-5H,1H2,(H2,15,16,17). The summed E-state index contributed by atoms with van der Waals surface area (Å²) in [7, 11) is 0. The summed E-state index contributed by atoms with van der Waals surface area (Å²) >= 11 is 5.41. The summed E-state index contributed by atoms with van der Waals surface area (Å²) in [6.07, 6.45) is -3.46. The molecule has 92 valence electrons. The Kier molecular flexibility index (Phi) is 4.01. The Hall–Kier alpha value is -1.69. The van der Waals surface area contributed by atoms with Crippen molar-refractivity contribution in [3.8, 4) is 0 Å². The van der Waals surface area contributed by atoms with E-state index in [4.69, 9.17) is 11.6 Å². The Bertz CT molecular complexity index is 446. The molecule has 0 heterocycles. The van der Waals surface area contributed by atoms with Gasteiger partial charge in [0, 0.05) is 5.69 Å². The number of alkyl halides is 3. The van der Waals surface area contributed by atoms with Crippen LogP contribution in [0.5, 0.6) is 0 Å². The SMILES string of the molecule is C=CNC(=O)Nc1ccc(Cl)c(C(F)(F)F)c1. The number of urea groups is 1. The molecular formula is C10H8ClF3N2O. The molecule has 3 nitrogen and oxygen atoms in total. The van der Waals surface area contributed by atoms with Crippen LogP contribution in [0.4, 0.5) is 23.7 Å². The predicted molar refractivity (Wildman–Crippen MR) is 58.8 cm³/mol. The number of rotatable bonds is 2. The van der Waals surface area contributed by atoms with Crippen molar-refractivity contribution in [1.29, 1.82) is 0 Å². The molecule has 0 saturated heterocycles. The predicted octanol–water partition coefficient (Wildman–Crippen LogP) is 3.62. The number of benzene rings is 1. The van der Waals surface area contributed by atoms with Crippen molar-refractivity contribution < 1.29 is 18.0 Å². The fourth-order valence-corrected chi connectivity index (χ4v) is 1.30. The molecule has 1 aromatic rings. The smallest absolute Gasteiger partial charge is 0.315 e. The first-order valence-corrected chi connectivity index (χ1v) is 4.77. The molecule has 0 radical (unpaired) electrons. The van der Waals surface area contributed by atoms with Crippen molar-refractivity contribution in [1.82, 2.24) is 5.32 Å². The Morgan fingerprint density at radius 3 is 2.59 bits per heavy atom. The summed E-state index contributed by atoms with van der Waals surface area (Å²) < 4.78 is 37.5. The number of halogens is 4. The fourth-order valence-electron chi connectivity index (χ4n) is 1.08. The van der Waals surface area contributed by atoms with Gasteiger partial charge in [0.2, 0.25) is 0 Å². The number of carbonyl (C=O) groups excluding carboxylic acids is 1. The minimum absolute atomic E-state index is 0.0129. The summed E-state index contributed by atoms with van der Waals surface area (Å²) in [5, 5.41) is 3.95. The van der Waals surface area contributed by atoms with E-state index in [1.807, 2.05) is 0 Å². The van der Waals surface area contributed by atoms with Crippen molar-refractivity contribution in [2.24, 2.45) is 0 Å². The van der Waals surface area contributed by atoms with E-state index in [2.05, 4.69) is 17.2 Å². The van der Waals surface area contributed by atoms with Gasteiger partial charge in [-0.15, -0.1) is 0 Å². The molecular weight excluding hydrogens is 257 g/mol. The minimum atomic E-state index is -4.57. The van der Waals surface area contributed by atoms with Crippen LogP contribution < -0.4 is 10.6 Å². The van der Waals surface area contributed by atoms with Crippen LogP contribution in [0.2, 0.25) is 5.02 Å². The number of amides is 2. The van der Waals surface area contributed by atoms with Crippen molar-refractivity contribution >= 4 is 23.3 Å². The number of nitrogens with one attached hydrogen (secondary N) is 2. The van der Waals surface area contributed by atoms with E-state index in [-0.39, 0.29) is 5.69 Å². The summed E-state index contributed by atoms with van der Waals surface area (Å²) in [5.41, 5.74) is -1.02. The second-order valence-electron chi connectivity index (χ2n) is 2.99. The highest BCUT2D eigenvalue weighted by molar-refractivity contribution is 6.31. The van der Waals surface area contributed by atoms with E-state index in [0.29, 0.717) is 0 Å². The lowest BCUT2D eigenvalue weighted by molar-refractivity contribution is -0.137. The molecule has 2 N–H and O–H groups in total. The van der Waals surface area contributed by atoms with Crippen molar-refractivity contribution in [3.05, 3.63) is 41.6 Å². The molecule has 0 aliphatic carbocycles. The van der Waals surface area contributed by atoms with Gasteiger partial charge in [-0.1, -0.05) is 18.2 Å². The highest BCUT2D eigenvalue weighted by Gasteiger charge is 2.33. The van der Waals surface area contributed by atoms with E-state index in [0.717, 1.165) is 18.3 Å². The van der Waals surface area contributed by atoms with Crippen LogP contribution in [-0.2, 0) is 6.18 Å². The fraction of sp³-hybridized carbons (Fsp3) is 0.100. The monoisotopic (exact) mass is 264 g/mol. The molecule has 0 unspecified atom stereocenters. The zero-order valence-corrected chi connectivity index (χ0v) is 9.19. The van der Waals surface area contributed by atoms with Crippen molar-refractivity contribution in [3.63, 3.8) is 0 Å². The number of anilines is 1. The van der Waals surface area contributed by atoms with Gasteiger partial charge in [-0.05, 0) is 24.4 Å². The molecule has 0 aliphatic heterocycles. The lowest BCUT2D eigenvalue weighted by Crippen LogP contribution is -2.23. The molecule has 0 atom stereocenters. The van der Waals surface area contributed by atoms with Gasteiger partial charge in [0.1, 0.15) is 0 Å². The maximum absolute atomic E-state index is 12.5. The highest BCUT2D eigenvalue weighted by atomic mass is 35.5. The van der Waals surface area contributed by atoms with Gasteiger partial charge >= 0.3 is 12.2 Å². The average Bonchev–Trinajstić information content (AvgIpc) is 2.19. The van der Waals surface area contributed by atoms with Gasteiger partial charge in [0.25, 0.3) is 0 Å². The van der Waals surface area contributed by atoms with Crippen molar-refractivity contribution in [2.75, 3.05) is 5.32 Å². The zero-order chi connectivity index (χ0) is 13.1. The highest BCUT2D eigenvalue weighted by Crippen LogP contribution is 2.36. The first kappa shape index (κ1) is 13.4. The number of hydrogen-bond acceptors (Lipinski definition) is 1. The van der Waals surface area contributed by atoms with Gasteiger partial charge in [-0.3, -0.25) is 0 Å². The van der Waals surface area contributed by atoms with Crippen LogP contribution in [-0.4, -0.2) is 6.03 Å². The molecule has 2 amide bonds. The molecule has 17 heavy (non-hydrogen) atoms. The van der Waals surface area contributed by atoms with Crippen LogP contribution in [0.15, 0.2) is 31.0 Å². The van der Waals surface area contributed by atoms with Crippen LogP contribution in [0.25, 0.3) is 0 Å². The topological polar surface area (TPSA) is 41.1 Å². The average molecular weight is 265 g/mol. The van der Waals surface area contributed by atoms with Gasteiger partial charge in [-0.2, -0.15) is 13.2 Å². The van der Waals surface area contributed by atoms with E-state index in [1.165, 1.54) is 6.07 Å². The largest absolute Gasteiger partial charge is 0.417 e. The maximum atomic E-state index is 12.5. The Morgan fingerprint density at radius 1 is 1.41 bits per heavy atom. The normalized spacial score (nSPS) is 10.8. The number of carbonyl (C=O) groups is 1. The Labute approximate surface area is 100 Å². The summed E-state index contributed by atoms with van der Waals surface area (Å²) in [6.45, 7) is 3.24. The second kappa shape index (κ2) is 5.09.